The molecule has 1 saturated heterocycles. The van der Waals surface area contributed by atoms with Crippen LogP contribution in [-0.4, -0.2) is 88.4 Å². The molecule has 1 aliphatic heterocycles. The normalized spacial score (nSPS) is 16.7. The standard InChI is InChI=1S/C72H74FN6O11P/c1-5-7-8-9-10-11-27-46-86-64(80)49-87-91(83,78-61(68(81)82)47-52-28-17-12-18-29-52)88-50-70(6-2)62(89-72(56-34-23-15-24-35-56,57-36-25-16-26-37-57)58-40-44-60(85-4)45-41-58)48-63(90-70)79-51-74-65-66(75-69(73)76-67(65)79)77-71(53-30-19-13-20-31-53,54-32-21-14-22-33-54)55-38-42-59(84-3)43-39-55/h2,12-26,28-45,51,61-63H,5,7-11,27,46-50H2,1,3-4H3,(H,78,83)(H,81,82)(H,75,76,77)/t61?,62-,63+,70+,91?/m0/s1. The molecule has 0 radical (unpaired) electrons. The number of carboxylic acids is 1. The molecule has 9 aromatic rings. The van der Waals surface area contributed by atoms with Gasteiger partial charge in [-0.05, 0) is 76.1 Å². The Morgan fingerprint density at radius 2 is 1.22 bits per heavy atom. The number of nitrogens with one attached hydrogen (secondary N) is 2. The number of ether oxygens (including phenoxy) is 5. The topological polar surface area (TPSA) is 204 Å². The van der Waals surface area contributed by atoms with Crippen molar-refractivity contribution in [3.63, 3.8) is 0 Å². The average molecular weight is 1250 g/mol. The van der Waals surface area contributed by atoms with Crippen molar-refractivity contribution < 1.29 is 56.4 Å². The zero-order chi connectivity index (χ0) is 63.7. The Hall–Kier alpha value is -9.05. The first kappa shape index (κ1) is 64.9. The lowest BCUT2D eigenvalue weighted by Crippen LogP contribution is -2.49. The van der Waals surface area contributed by atoms with Crippen molar-refractivity contribution in [3.05, 3.63) is 252 Å². The fourth-order valence-corrected chi connectivity index (χ4v) is 13.1. The molecule has 10 rings (SSSR count). The molecular weight excluding hydrogens is 1170 g/mol. The van der Waals surface area contributed by atoms with Crippen LogP contribution in [0.1, 0.15) is 103 Å². The number of hydrogen-bond donors (Lipinski definition) is 3. The highest BCUT2D eigenvalue weighted by Crippen LogP contribution is 2.52. The number of methoxy groups -OCH3 is 2. The molecule has 5 atom stereocenters. The molecule has 0 spiro atoms. The number of fused-ring (bicyclic) bond motifs is 1. The molecule has 2 unspecified atom stereocenters. The maximum atomic E-state index is 16.7. The number of nitrogens with zero attached hydrogens (tertiary/aromatic N) is 4. The highest BCUT2D eigenvalue weighted by molar-refractivity contribution is 7.51. The fourth-order valence-electron chi connectivity index (χ4n) is 11.7. The highest BCUT2D eigenvalue weighted by atomic mass is 31.2. The van der Waals surface area contributed by atoms with E-state index in [1.54, 1.807) is 44.6 Å². The van der Waals surface area contributed by atoms with Gasteiger partial charge in [-0.3, -0.25) is 18.4 Å². The summed E-state index contributed by atoms with van der Waals surface area (Å²) < 4.78 is 77.7. The van der Waals surface area contributed by atoms with E-state index in [1.165, 1.54) is 10.9 Å². The van der Waals surface area contributed by atoms with Gasteiger partial charge in [0.15, 0.2) is 29.2 Å². The van der Waals surface area contributed by atoms with Crippen molar-refractivity contribution >= 4 is 36.7 Å². The van der Waals surface area contributed by atoms with Gasteiger partial charge in [0.25, 0.3) is 0 Å². The second-order valence-corrected chi connectivity index (χ2v) is 24.0. The molecule has 7 aromatic carbocycles. The number of hydrogen-bond acceptors (Lipinski definition) is 14. The zero-order valence-electron chi connectivity index (χ0n) is 51.1. The predicted octanol–water partition coefficient (Wildman–Crippen LogP) is 13.8. The number of carboxylic acid groups (broad SMARTS) is 1. The summed E-state index contributed by atoms with van der Waals surface area (Å²) in [5, 5.41) is 17.0. The van der Waals surface area contributed by atoms with Crippen molar-refractivity contribution in [2.45, 2.75) is 99.8 Å². The summed E-state index contributed by atoms with van der Waals surface area (Å²) in [5.74, 6) is 1.82. The highest BCUT2D eigenvalue weighted by Gasteiger charge is 2.56. The number of aliphatic carboxylic acids is 1. The van der Waals surface area contributed by atoms with Crippen LogP contribution in [0.15, 0.2) is 207 Å². The van der Waals surface area contributed by atoms with Gasteiger partial charge in [-0.15, -0.1) is 6.42 Å². The summed E-state index contributed by atoms with van der Waals surface area (Å²) in [6.07, 6.45) is 11.3. The largest absolute Gasteiger partial charge is 0.497 e. The van der Waals surface area contributed by atoms with Crippen LogP contribution in [0.3, 0.4) is 0 Å². The lowest BCUT2D eigenvalue weighted by atomic mass is 9.77. The Labute approximate surface area is 529 Å². The van der Waals surface area contributed by atoms with Gasteiger partial charge in [0.2, 0.25) is 0 Å². The van der Waals surface area contributed by atoms with E-state index in [0.717, 1.165) is 55.2 Å². The number of unbranched alkanes of at least 4 members (excludes halogenated alkanes) is 6. The number of benzene rings is 7. The van der Waals surface area contributed by atoms with E-state index in [9.17, 15) is 14.7 Å². The van der Waals surface area contributed by atoms with Gasteiger partial charge in [0, 0.05) is 6.42 Å². The van der Waals surface area contributed by atoms with Gasteiger partial charge in [0.1, 0.15) is 47.6 Å². The van der Waals surface area contributed by atoms with Crippen LogP contribution in [0.25, 0.3) is 11.2 Å². The third-order valence-electron chi connectivity index (χ3n) is 16.4. The maximum absolute atomic E-state index is 16.7. The SMILES string of the molecule is C#C[C@]1(COP(=O)(NC(Cc2ccccc2)C(=O)O)OCC(=O)OCCCCCCCCC)O[C@@H](n2cnc3c(NC(c4ccccc4)(c4ccccc4)c4ccc(OC)cc4)nc(F)nc32)C[C@@H]1OC(c1ccccc1)(c1ccccc1)c1ccc(OC)cc1. The Morgan fingerprint density at radius 3 is 1.76 bits per heavy atom. The van der Waals surface area contributed by atoms with Crippen LogP contribution in [0.2, 0.25) is 0 Å². The molecule has 3 heterocycles. The summed E-state index contributed by atoms with van der Waals surface area (Å²) in [7, 11) is -1.80. The van der Waals surface area contributed by atoms with E-state index in [0.29, 0.717) is 40.2 Å². The smallest absolute Gasteiger partial charge is 0.406 e. The van der Waals surface area contributed by atoms with Gasteiger partial charge in [0.05, 0.1) is 27.2 Å². The number of halogens is 1. The van der Waals surface area contributed by atoms with Crippen LogP contribution in [0.4, 0.5) is 10.2 Å². The Balaban J connectivity index is 1.08. The monoisotopic (exact) mass is 1250 g/mol. The quantitative estimate of drug-likeness (QED) is 0.00896. The third-order valence-corrected chi connectivity index (χ3v) is 17.9. The molecule has 1 fully saturated rings. The Morgan fingerprint density at radius 1 is 0.714 bits per heavy atom. The second-order valence-electron chi connectivity index (χ2n) is 22.2. The summed E-state index contributed by atoms with van der Waals surface area (Å²) in [6, 6.07) is 60.4. The Bertz CT molecular complexity index is 3830. The van der Waals surface area contributed by atoms with Crippen molar-refractivity contribution in [1.82, 2.24) is 24.6 Å². The maximum Gasteiger partial charge on any atom is 0.406 e. The molecule has 19 heteroatoms. The van der Waals surface area contributed by atoms with E-state index < -0.39 is 74.1 Å². The molecule has 17 nitrogen and oxygen atoms in total. The van der Waals surface area contributed by atoms with Gasteiger partial charge >= 0.3 is 25.8 Å². The van der Waals surface area contributed by atoms with E-state index >= 15 is 8.96 Å². The lowest BCUT2D eigenvalue weighted by molar-refractivity contribution is -0.147. The molecule has 470 valence electrons. The number of carbonyl (C=O) groups excluding carboxylic acids is 1. The first-order chi connectivity index (χ1) is 44.4. The van der Waals surface area contributed by atoms with Crippen LogP contribution in [0.5, 0.6) is 11.5 Å². The van der Waals surface area contributed by atoms with E-state index in [4.69, 9.17) is 44.1 Å². The van der Waals surface area contributed by atoms with Crippen molar-refractivity contribution in [3.8, 4) is 23.8 Å². The molecular formula is C72H74FN6O11P. The van der Waals surface area contributed by atoms with E-state index in [-0.39, 0.29) is 36.4 Å². The molecule has 0 saturated carbocycles. The van der Waals surface area contributed by atoms with Gasteiger partial charge in [-0.25, -0.2) is 19.4 Å². The molecule has 0 amide bonds. The van der Waals surface area contributed by atoms with Crippen LogP contribution < -0.4 is 19.9 Å². The first-order valence-corrected chi connectivity index (χ1v) is 32.0. The number of carbonyl (C=O) groups is 2. The summed E-state index contributed by atoms with van der Waals surface area (Å²) in [6.45, 7) is 0.557. The summed E-state index contributed by atoms with van der Waals surface area (Å²) >= 11 is 0. The van der Waals surface area contributed by atoms with Crippen molar-refractivity contribution in [2.24, 2.45) is 0 Å². The van der Waals surface area contributed by atoms with Crippen LogP contribution >= 0.6 is 7.75 Å². The molecule has 2 aromatic heterocycles. The summed E-state index contributed by atoms with van der Waals surface area (Å²) in [5.41, 5.74) is 0.264. The number of esters is 1. The van der Waals surface area contributed by atoms with Gasteiger partial charge in [-0.2, -0.15) is 14.4 Å². The molecule has 0 aliphatic carbocycles. The van der Waals surface area contributed by atoms with Gasteiger partial charge in [-0.1, -0.05) is 227 Å². The second kappa shape index (κ2) is 30.2. The number of imidazole rings is 1. The van der Waals surface area contributed by atoms with Crippen LogP contribution in [0, 0.1) is 18.4 Å². The first-order valence-electron chi connectivity index (χ1n) is 30.5. The van der Waals surface area contributed by atoms with Gasteiger partial charge < -0.3 is 34.1 Å². The molecule has 3 N–H and O–H groups in total. The molecule has 1 aliphatic rings. The van der Waals surface area contributed by atoms with E-state index in [1.807, 2.05) is 170 Å². The minimum atomic E-state index is -4.96. The lowest BCUT2D eigenvalue weighted by Gasteiger charge is -2.41. The number of anilines is 1. The summed E-state index contributed by atoms with van der Waals surface area (Å²) in [4.78, 5) is 40.3. The minimum absolute atomic E-state index is 0.000620. The minimum Gasteiger partial charge on any atom is -0.497 e. The van der Waals surface area contributed by atoms with Crippen molar-refractivity contribution in [1.29, 1.82) is 0 Å². The average Bonchev–Trinajstić information content (AvgIpc) is 1.74. The predicted molar refractivity (Wildman–Crippen MR) is 345 cm³/mol. The van der Waals surface area contributed by atoms with E-state index in [2.05, 4.69) is 33.2 Å². The van der Waals surface area contributed by atoms with Crippen molar-refractivity contribution in [2.75, 3.05) is 39.4 Å². The number of rotatable bonds is 32. The molecule has 91 heavy (non-hydrogen) atoms. The Kier molecular flexibility index (Phi) is 21.5. The molecule has 0 bridgehead atoms. The third kappa shape index (κ3) is 14.9. The zero-order valence-corrected chi connectivity index (χ0v) is 52.0. The number of terminal acetylenes is 1. The fraction of sp³-hybridized carbons (Fsp3) is 0.292. The van der Waals surface area contributed by atoms with Crippen LogP contribution in [-0.2, 0) is 55.0 Å². The number of aromatic nitrogens is 4.